The number of amides is 1. The fraction of sp³-hybridized carbons (Fsp3) is 0.545. The van der Waals surface area contributed by atoms with Crippen molar-refractivity contribution in [3.8, 4) is 0 Å². The average molecular weight is 380 g/mol. The van der Waals surface area contributed by atoms with E-state index in [1.807, 2.05) is 25.3 Å². The minimum Gasteiger partial charge on any atom is -0.352 e. The monoisotopic (exact) mass is 379 g/mol. The van der Waals surface area contributed by atoms with Crippen molar-refractivity contribution in [1.82, 2.24) is 25.2 Å². The topological polar surface area (TPSA) is 71.0 Å². The van der Waals surface area contributed by atoms with Gasteiger partial charge in [0.25, 0.3) is 5.91 Å². The number of hydrogen-bond donors (Lipinski definition) is 1. The predicted octanol–water partition coefficient (Wildman–Crippen LogP) is 2.74. The molecule has 1 aliphatic carbocycles. The number of aromatic nitrogens is 3. The van der Waals surface area contributed by atoms with Gasteiger partial charge >= 0.3 is 0 Å². The highest BCUT2D eigenvalue weighted by atomic mass is 16.1. The molecule has 0 aromatic carbocycles. The van der Waals surface area contributed by atoms with E-state index in [2.05, 4.69) is 25.2 Å². The fourth-order valence-corrected chi connectivity index (χ4v) is 3.99. The molecule has 2 aromatic rings. The zero-order chi connectivity index (χ0) is 19.3. The van der Waals surface area contributed by atoms with Crippen LogP contribution in [0.5, 0.6) is 0 Å². The van der Waals surface area contributed by atoms with Crippen LogP contribution in [-0.4, -0.2) is 51.9 Å². The number of nitrogens with zero attached hydrogens (tertiary/aromatic N) is 4. The summed E-state index contributed by atoms with van der Waals surface area (Å²) in [4.78, 5) is 28.5. The summed E-state index contributed by atoms with van der Waals surface area (Å²) in [5.74, 6) is 1.94. The number of aryl methyl sites for hydroxylation is 1. The second-order valence-electron chi connectivity index (χ2n) is 8.10. The van der Waals surface area contributed by atoms with Crippen molar-refractivity contribution in [3.63, 3.8) is 0 Å². The third-order valence-electron chi connectivity index (χ3n) is 5.79. The van der Waals surface area contributed by atoms with Crippen LogP contribution < -0.4 is 5.32 Å². The molecule has 28 heavy (non-hydrogen) atoms. The molecule has 2 aliphatic rings. The first-order valence-electron chi connectivity index (χ1n) is 10.4. The third-order valence-corrected chi connectivity index (χ3v) is 5.79. The van der Waals surface area contributed by atoms with E-state index in [0.717, 1.165) is 55.4 Å². The Morgan fingerprint density at radius 2 is 2.04 bits per heavy atom. The van der Waals surface area contributed by atoms with Crippen LogP contribution in [0.4, 0.5) is 0 Å². The van der Waals surface area contributed by atoms with Crippen LogP contribution in [0.3, 0.4) is 0 Å². The first-order valence-corrected chi connectivity index (χ1v) is 10.4. The van der Waals surface area contributed by atoms with Crippen molar-refractivity contribution in [1.29, 1.82) is 0 Å². The van der Waals surface area contributed by atoms with Gasteiger partial charge in [0.05, 0.1) is 11.3 Å². The summed E-state index contributed by atoms with van der Waals surface area (Å²) in [5.41, 5.74) is 2.68. The number of rotatable bonds is 7. The lowest BCUT2D eigenvalue weighted by atomic mass is 9.90. The van der Waals surface area contributed by atoms with E-state index in [1.165, 1.54) is 19.4 Å². The molecule has 0 bridgehead atoms. The van der Waals surface area contributed by atoms with Crippen molar-refractivity contribution < 1.29 is 4.79 Å². The van der Waals surface area contributed by atoms with Gasteiger partial charge in [-0.3, -0.25) is 9.78 Å². The second-order valence-corrected chi connectivity index (χ2v) is 8.10. The van der Waals surface area contributed by atoms with Gasteiger partial charge in [-0.15, -0.1) is 0 Å². The highest BCUT2D eigenvalue weighted by molar-refractivity contribution is 5.95. The van der Waals surface area contributed by atoms with Gasteiger partial charge in [0, 0.05) is 37.6 Å². The molecular formula is C22H29N5O. The van der Waals surface area contributed by atoms with Crippen LogP contribution in [0.2, 0.25) is 0 Å². The predicted molar refractivity (Wildman–Crippen MR) is 108 cm³/mol. The van der Waals surface area contributed by atoms with Gasteiger partial charge in [-0.1, -0.05) is 6.07 Å². The summed E-state index contributed by atoms with van der Waals surface area (Å²) in [7, 11) is 0. The van der Waals surface area contributed by atoms with E-state index in [4.69, 9.17) is 0 Å². The van der Waals surface area contributed by atoms with Gasteiger partial charge in [-0.05, 0) is 69.7 Å². The van der Waals surface area contributed by atoms with Gasteiger partial charge in [0.2, 0.25) is 0 Å². The Labute approximate surface area is 166 Å². The number of likely N-dealkylation sites (tertiary alicyclic amines) is 1. The second kappa shape index (κ2) is 8.78. The maximum atomic E-state index is 12.8. The minimum atomic E-state index is -0.0701. The van der Waals surface area contributed by atoms with Gasteiger partial charge in [0.15, 0.2) is 0 Å². The normalized spacial score (nSPS) is 18.2. The molecular weight excluding hydrogens is 350 g/mol. The first kappa shape index (κ1) is 19.0. The zero-order valence-corrected chi connectivity index (χ0v) is 16.6. The van der Waals surface area contributed by atoms with Gasteiger partial charge in [0.1, 0.15) is 5.82 Å². The fourth-order valence-electron chi connectivity index (χ4n) is 3.99. The molecule has 4 rings (SSSR count). The molecule has 2 aromatic heterocycles. The summed E-state index contributed by atoms with van der Waals surface area (Å²) < 4.78 is 0. The van der Waals surface area contributed by atoms with Gasteiger partial charge in [-0.25, -0.2) is 9.97 Å². The Morgan fingerprint density at radius 1 is 1.21 bits per heavy atom. The smallest absolute Gasteiger partial charge is 0.254 e. The van der Waals surface area contributed by atoms with Crippen LogP contribution in [0, 0.1) is 12.8 Å². The van der Waals surface area contributed by atoms with E-state index in [1.54, 1.807) is 12.4 Å². The average Bonchev–Trinajstić information content (AvgIpc) is 3.53. The minimum absolute atomic E-state index is 0.0701. The van der Waals surface area contributed by atoms with E-state index in [0.29, 0.717) is 18.0 Å². The lowest BCUT2D eigenvalue weighted by molar-refractivity contribution is 0.0950. The standard InChI is InChI=1S/C22H29N5O/c1-16-25-14-20(22(28)24-10-6-17-3-2-9-23-13-17)21(26-16)19-7-11-27(12-8-19)15-18-4-5-18/h2-3,9,13-14,18-19H,4-8,10-12,15H2,1H3,(H,24,28). The highest BCUT2D eigenvalue weighted by Gasteiger charge is 2.29. The molecule has 0 spiro atoms. The molecule has 6 heteroatoms. The number of pyridine rings is 1. The largest absolute Gasteiger partial charge is 0.352 e. The van der Waals surface area contributed by atoms with Crippen LogP contribution >= 0.6 is 0 Å². The molecule has 1 amide bonds. The molecule has 3 heterocycles. The maximum Gasteiger partial charge on any atom is 0.254 e. The van der Waals surface area contributed by atoms with Crippen molar-refractivity contribution in [2.45, 2.75) is 44.9 Å². The number of carbonyl (C=O) groups excluding carboxylic acids is 1. The molecule has 148 valence electrons. The van der Waals surface area contributed by atoms with Crippen molar-refractivity contribution in [2.75, 3.05) is 26.2 Å². The zero-order valence-electron chi connectivity index (χ0n) is 16.6. The highest BCUT2D eigenvalue weighted by Crippen LogP contribution is 2.33. The summed E-state index contributed by atoms with van der Waals surface area (Å²) in [6.45, 7) is 5.93. The lowest BCUT2D eigenvalue weighted by Gasteiger charge is -2.32. The van der Waals surface area contributed by atoms with Crippen molar-refractivity contribution >= 4 is 5.91 Å². The Bertz CT molecular complexity index is 798. The van der Waals surface area contributed by atoms with Crippen LogP contribution in [-0.2, 0) is 6.42 Å². The Morgan fingerprint density at radius 3 is 2.75 bits per heavy atom. The Kier molecular flexibility index (Phi) is 5.95. The first-order chi connectivity index (χ1) is 13.7. The maximum absolute atomic E-state index is 12.8. The summed E-state index contributed by atoms with van der Waals surface area (Å²) in [5, 5.41) is 3.03. The van der Waals surface area contributed by atoms with Crippen LogP contribution in [0.25, 0.3) is 0 Å². The molecule has 1 saturated heterocycles. The van der Waals surface area contributed by atoms with Crippen molar-refractivity contribution in [3.05, 3.63) is 53.4 Å². The van der Waals surface area contributed by atoms with E-state index in [-0.39, 0.29) is 5.91 Å². The number of nitrogens with one attached hydrogen (secondary N) is 1. The molecule has 0 radical (unpaired) electrons. The van der Waals surface area contributed by atoms with E-state index >= 15 is 0 Å². The van der Waals surface area contributed by atoms with Gasteiger partial charge in [-0.2, -0.15) is 0 Å². The summed E-state index contributed by atoms with van der Waals surface area (Å²) in [6.07, 6.45) is 11.0. The van der Waals surface area contributed by atoms with Crippen LogP contribution in [0.1, 0.15) is 59.0 Å². The third kappa shape index (κ3) is 4.93. The molecule has 2 fully saturated rings. The molecule has 0 atom stereocenters. The van der Waals surface area contributed by atoms with E-state index in [9.17, 15) is 4.79 Å². The number of hydrogen-bond acceptors (Lipinski definition) is 5. The van der Waals surface area contributed by atoms with Crippen LogP contribution in [0.15, 0.2) is 30.7 Å². The molecule has 1 N–H and O–H groups in total. The Hall–Kier alpha value is -2.34. The number of carbonyl (C=O) groups is 1. The SMILES string of the molecule is Cc1ncc(C(=O)NCCc2cccnc2)c(C2CCN(CC3CC3)CC2)n1. The molecule has 0 unspecified atom stereocenters. The van der Waals surface area contributed by atoms with E-state index < -0.39 is 0 Å². The number of piperidine rings is 1. The quantitative estimate of drug-likeness (QED) is 0.801. The lowest BCUT2D eigenvalue weighted by Crippen LogP contribution is -2.35. The molecule has 6 nitrogen and oxygen atoms in total. The molecule has 1 saturated carbocycles. The molecule has 1 aliphatic heterocycles. The Balaban J connectivity index is 1.37. The summed E-state index contributed by atoms with van der Waals surface area (Å²) >= 11 is 0. The van der Waals surface area contributed by atoms with Gasteiger partial charge < -0.3 is 10.2 Å². The summed E-state index contributed by atoms with van der Waals surface area (Å²) in [6, 6.07) is 3.94. The van der Waals surface area contributed by atoms with Crippen molar-refractivity contribution in [2.24, 2.45) is 5.92 Å².